The van der Waals surface area contributed by atoms with Gasteiger partial charge in [0.2, 0.25) is 0 Å². The molecule has 0 bridgehead atoms. The molecule has 0 spiro atoms. The molecule has 60 heavy (non-hydrogen) atoms. The van der Waals surface area contributed by atoms with Gasteiger partial charge >= 0.3 is 0 Å². The molecule has 11 aromatic rings. The van der Waals surface area contributed by atoms with Gasteiger partial charge in [-0.1, -0.05) is 165 Å². The molecule has 2 heteroatoms. The molecule has 0 aliphatic heterocycles. The van der Waals surface area contributed by atoms with E-state index in [9.17, 15) is 0 Å². The lowest BCUT2D eigenvalue weighted by Crippen LogP contribution is -2.10. The van der Waals surface area contributed by atoms with Gasteiger partial charge in [0.05, 0.1) is 22.1 Å². The highest BCUT2D eigenvalue weighted by molar-refractivity contribution is 6.15. The lowest BCUT2D eigenvalue weighted by Gasteiger charge is -2.24. The van der Waals surface area contributed by atoms with E-state index in [1.807, 2.05) is 0 Å². The molecule has 1 aliphatic carbocycles. The van der Waals surface area contributed by atoms with Gasteiger partial charge in [0.1, 0.15) is 11.2 Å². The number of hydrogen-bond acceptors (Lipinski definition) is 1. The van der Waals surface area contributed by atoms with Crippen LogP contribution in [-0.2, 0) is 6.42 Å². The Bertz CT molecular complexity index is 3410. The van der Waals surface area contributed by atoms with Crippen LogP contribution in [0.25, 0.3) is 93.9 Å². The Morgan fingerprint density at radius 3 is 1.90 bits per heavy atom. The topological polar surface area (TPSA) is 18.1 Å². The number of aromatic nitrogens is 1. The molecule has 0 N–H and O–H groups in total. The molecule has 2 atom stereocenters. The zero-order valence-corrected chi connectivity index (χ0v) is 33.3. The largest absolute Gasteiger partial charge is 0.456 e. The van der Waals surface area contributed by atoms with Gasteiger partial charge in [-0.05, 0) is 128 Å². The van der Waals surface area contributed by atoms with E-state index in [1.54, 1.807) is 0 Å². The Balaban J connectivity index is 0.963. The Labute approximate surface area is 349 Å². The maximum Gasteiger partial charge on any atom is 0.137 e. The number of rotatable bonds is 5. The fourth-order valence-electron chi connectivity index (χ4n) is 10.1. The molecule has 2 aromatic heterocycles. The predicted octanol–water partition coefficient (Wildman–Crippen LogP) is 15.8. The fraction of sp³-hybridized carbons (Fsp3) is 0.0690. The van der Waals surface area contributed by atoms with E-state index in [4.69, 9.17) is 4.42 Å². The second kappa shape index (κ2) is 13.9. The van der Waals surface area contributed by atoms with Gasteiger partial charge < -0.3 is 8.98 Å². The summed E-state index contributed by atoms with van der Waals surface area (Å²) < 4.78 is 9.01. The Hall–Kier alpha value is -7.42. The van der Waals surface area contributed by atoms with E-state index in [1.165, 1.54) is 77.4 Å². The van der Waals surface area contributed by atoms with Gasteiger partial charge in [-0.15, -0.1) is 0 Å². The van der Waals surface area contributed by atoms with Crippen molar-refractivity contribution in [1.29, 1.82) is 0 Å². The second-order valence-electron chi connectivity index (χ2n) is 16.5. The number of fused-ring (bicyclic) bond motifs is 9. The van der Waals surface area contributed by atoms with Crippen LogP contribution in [0.1, 0.15) is 35.4 Å². The quantitative estimate of drug-likeness (QED) is 0.171. The SMILES string of the molecule is CC1c2ccc(-c3ccc4c(c3)c3ccccc3n4-c3cccc4oc5cc(-c6ccccc6)ccc5c34)cc2-c2ccccc2CC1c1ccc(-c2ccccc2)cc1. The molecule has 284 valence electrons. The van der Waals surface area contributed by atoms with Crippen molar-refractivity contribution in [2.24, 2.45) is 0 Å². The third kappa shape index (κ3) is 5.56. The van der Waals surface area contributed by atoms with Crippen LogP contribution in [0.5, 0.6) is 0 Å². The lowest BCUT2D eigenvalue weighted by molar-refractivity contribution is 0.579. The maximum absolute atomic E-state index is 6.58. The van der Waals surface area contributed by atoms with E-state index >= 15 is 0 Å². The molecule has 1 aliphatic rings. The molecule has 2 nitrogen and oxygen atoms in total. The first-order valence-electron chi connectivity index (χ1n) is 21.1. The van der Waals surface area contributed by atoms with E-state index in [2.05, 4.69) is 218 Å². The summed E-state index contributed by atoms with van der Waals surface area (Å²) in [5, 5.41) is 4.72. The molecule has 12 rings (SSSR count). The first-order valence-corrected chi connectivity index (χ1v) is 21.1. The third-order valence-corrected chi connectivity index (χ3v) is 13.2. The lowest BCUT2D eigenvalue weighted by atomic mass is 9.79. The van der Waals surface area contributed by atoms with Gasteiger partial charge in [0.15, 0.2) is 0 Å². The van der Waals surface area contributed by atoms with Crippen LogP contribution >= 0.6 is 0 Å². The summed E-state index contributed by atoms with van der Waals surface area (Å²) in [6.07, 6.45) is 1.00. The monoisotopic (exact) mass is 767 g/mol. The van der Waals surface area contributed by atoms with Gasteiger partial charge in [0, 0.05) is 16.2 Å². The Morgan fingerprint density at radius 1 is 0.433 bits per heavy atom. The van der Waals surface area contributed by atoms with Crippen molar-refractivity contribution >= 4 is 43.7 Å². The molecule has 0 saturated carbocycles. The van der Waals surface area contributed by atoms with Crippen LogP contribution in [0.15, 0.2) is 211 Å². The maximum atomic E-state index is 6.58. The molecule has 0 saturated heterocycles. The molecular weight excluding hydrogens is 727 g/mol. The zero-order chi connectivity index (χ0) is 39.7. The smallest absolute Gasteiger partial charge is 0.137 e. The number of furan rings is 1. The summed E-state index contributed by atoms with van der Waals surface area (Å²) in [6, 6.07) is 75.7. The average molecular weight is 768 g/mol. The van der Waals surface area contributed by atoms with Crippen LogP contribution in [0, 0.1) is 0 Å². The first kappa shape index (κ1) is 34.6. The molecule has 9 aromatic carbocycles. The van der Waals surface area contributed by atoms with Crippen molar-refractivity contribution in [2.75, 3.05) is 0 Å². The molecular formula is C58H41NO. The number of para-hydroxylation sites is 1. The molecule has 0 fully saturated rings. The van der Waals surface area contributed by atoms with Crippen LogP contribution in [0.4, 0.5) is 0 Å². The Kier molecular flexibility index (Phi) is 7.99. The van der Waals surface area contributed by atoms with Gasteiger partial charge in [-0.3, -0.25) is 0 Å². The highest BCUT2D eigenvalue weighted by Crippen LogP contribution is 2.47. The minimum Gasteiger partial charge on any atom is -0.456 e. The molecule has 0 amide bonds. The molecule has 2 unspecified atom stereocenters. The van der Waals surface area contributed by atoms with Crippen molar-refractivity contribution < 1.29 is 4.42 Å². The summed E-state index contributed by atoms with van der Waals surface area (Å²) in [7, 11) is 0. The summed E-state index contributed by atoms with van der Waals surface area (Å²) in [6.45, 7) is 2.42. The molecule has 2 heterocycles. The van der Waals surface area contributed by atoms with E-state index in [0.717, 1.165) is 39.6 Å². The van der Waals surface area contributed by atoms with Crippen molar-refractivity contribution in [3.8, 4) is 50.2 Å². The highest BCUT2D eigenvalue weighted by atomic mass is 16.3. The number of benzene rings is 9. The summed E-state index contributed by atoms with van der Waals surface area (Å²) in [4.78, 5) is 0. The first-order chi connectivity index (χ1) is 29.7. The fourth-order valence-corrected chi connectivity index (χ4v) is 10.1. The van der Waals surface area contributed by atoms with E-state index in [0.29, 0.717) is 11.8 Å². The second-order valence-corrected chi connectivity index (χ2v) is 16.5. The van der Waals surface area contributed by atoms with Gasteiger partial charge in [-0.2, -0.15) is 0 Å². The summed E-state index contributed by atoms with van der Waals surface area (Å²) in [5.74, 6) is 0.712. The van der Waals surface area contributed by atoms with Crippen molar-refractivity contribution in [2.45, 2.75) is 25.2 Å². The normalized spacial score (nSPS) is 15.0. The van der Waals surface area contributed by atoms with Crippen LogP contribution in [0.2, 0.25) is 0 Å². The van der Waals surface area contributed by atoms with Crippen molar-refractivity contribution in [3.05, 3.63) is 223 Å². The standard InChI is InChI=1S/C58H41NO/c1-37-46-30-27-42(33-51(46)47-18-9-8-17-45(47)35-50(37)41-25-23-40(24-26-41)38-13-4-2-5-14-38)43-29-32-54-52(34-43)48-19-10-11-20-53(48)59(54)55-21-12-22-56-58(55)49-31-28-44(36-57(49)60-56)39-15-6-3-7-16-39/h2-34,36-37,50H,35H2,1H3. The molecule has 0 radical (unpaired) electrons. The summed E-state index contributed by atoms with van der Waals surface area (Å²) >= 11 is 0. The van der Waals surface area contributed by atoms with Crippen LogP contribution in [0.3, 0.4) is 0 Å². The van der Waals surface area contributed by atoms with Gasteiger partial charge in [0.25, 0.3) is 0 Å². The van der Waals surface area contributed by atoms with Crippen LogP contribution in [-0.4, -0.2) is 4.57 Å². The Morgan fingerprint density at radius 2 is 1.07 bits per heavy atom. The summed E-state index contributed by atoms with van der Waals surface area (Å²) in [5.41, 5.74) is 19.5. The van der Waals surface area contributed by atoms with Gasteiger partial charge in [-0.25, -0.2) is 0 Å². The van der Waals surface area contributed by atoms with Crippen molar-refractivity contribution in [1.82, 2.24) is 4.57 Å². The van der Waals surface area contributed by atoms with Crippen LogP contribution < -0.4 is 0 Å². The van der Waals surface area contributed by atoms with Crippen molar-refractivity contribution in [3.63, 3.8) is 0 Å². The predicted molar refractivity (Wildman–Crippen MR) is 251 cm³/mol. The zero-order valence-electron chi connectivity index (χ0n) is 33.3. The number of hydrogen-bond donors (Lipinski definition) is 0. The third-order valence-electron chi connectivity index (χ3n) is 13.2. The number of nitrogens with zero attached hydrogens (tertiary/aromatic N) is 1. The van der Waals surface area contributed by atoms with E-state index in [-0.39, 0.29) is 0 Å². The minimum atomic E-state index is 0.344. The highest BCUT2D eigenvalue weighted by Gasteiger charge is 2.29. The van der Waals surface area contributed by atoms with E-state index < -0.39 is 0 Å². The average Bonchev–Trinajstić information content (AvgIpc) is 3.82. The minimum absolute atomic E-state index is 0.344.